The van der Waals surface area contributed by atoms with Gasteiger partial charge >= 0.3 is 0 Å². The van der Waals surface area contributed by atoms with Gasteiger partial charge in [-0.25, -0.2) is 9.37 Å². The molecule has 1 saturated heterocycles. The summed E-state index contributed by atoms with van der Waals surface area (Å²) in [6, 6.07) is 13.9. The van der Waals surface area contributed by atoms with Crippen molar-refractivity contribution in [2.24, 2.45) is 0 Å². The van der Waals surface area contributed by atoms with E-state index < -0.39 is 5.60 Å². The minimum Gasteiger partial charge on any atom is -0.363 e. The SMILES string of the molecule is Fc1ccc(C2(C(c3ncn[nH]3)c3ccccc3Cl)CO2)cc1. The van der Waals surface area contributed by atoms with E-state index >= 15 is 0 Å². The Morgan fingerprint density at radius 3 is 2.52 bits per heavy atom. The highest BCUT2D eigenvalue weighted by molar-refractivity contribution is 6.31. The molecule has 4 rings (SSSR count). The zero-order chi connectivity index (χ0) is 15.9. The van der Waals surface area contributed by atoms with E-state index in [9.17, 15) is 4.39 Å². The Balaban J connectivity index is 1.86. The number of halogens is 2. The van der Waals surface area contributed by atoms with Crippen molar-refractivity contribution in [1.29, 1.82) is 0 Å². The summed E-state index contributed by atoms with van der Waals surface area (Å²) in [5.74, 6) is 0.141. The smallest absolute Gasteiger partial charge is 0.137 e. The summed E-state index contributed by atoms with van der Waals surface area (Å²) >= 11 is 6.40. The van der Waals surface area contributed by atoms with Crippen LogP contribution in [0.3, 0.4) is 0 Å². The molecular weight excluding hydrogens is 317 g/mol. The fourth-order valence-electron chi connectivity index (χ4n) is 2.99. The van der Waals surface area contributed by atoms with Crippen molar-refractivity contribution < 1.29 is 9.13 Å². The van der Waals surface area contributed by atoms with E-state index in [1.807, 2.05) is 24.3 Å². The van der Waals surface area contributed by atoms with E-state index in [4.69, 9.17) is 16.3 Å². The van der Waals surface area contributed by atoms with Gasteiger partial charge in [0.2, 0.25) is 0 Å². The number of epoxide rings is 1. The summed E-state index contributed by atoms with van der Waals surface area (Å²) in [6.45, 7) is 0.509. The molecule has 1 fully saturated rings. The zero-order valence-corrected chi connectivity index (χ0v) is 12.8. The van der Waals surface area contributed by atoms with Gasteiger partial charge in [-0.3, -0.25) is 5.10 Å². The maximum atomic E-state index is 13.3. The molecule has 4 nitrogen and oxygen atoms in total. The lowest BCUT2D eigenvalue weighted by Gasteiger charge is -2.24. The Morgan fingerprint density at radius 2 is 1.91 bits per heavy atom. The van der Waals surface area contributed by atoms with E-state index in [2.05, 4.69) is 15.2 Å². The van der Waals surface area contributed by atoms with E-state index in [0.29, 0.717) is 17.5 Å². The van der Waals surface area contributed by atoms with Gasteiger partial charge in [-0.15, -0.1) is 0 Å². The van der Waals surface area contributed by atoms with Gasteiger partial charge in [-0.05, 0) is 29.3 Å². The van der Waals surface area contributed by atoms with Crippen LogP contribution in [-0.2, 0) is 10.3 Å². The Hall–Kier alpha value is -2.24. The Bertz CT molecular complexity index is 816. The second-order valence-electron chi connectivity index (χ2n) is 5.51. The second-order valence-corrected chi connectivity index (χ2v) is 5.92. The van der Waals surface area contributed by atoms with E-state index in [1.165, 1.54) is 18.5 Å². The fourth-order valence-corrected chi connectivity index (χ4v) is 3.24. The molecule has 23 heavy (non-hydrogen) atoms. The first-order chi connectivity index (χ1) is 11.2. The first-order valence-electron chi connectivity index (χ1n) is 7.20. The average molecular weight is 330 g/mol. The van der Waals surface area contributed by atoms with Crippen LogP contribution in [0, 0.1) is 5.82 Å². The topological polar surface area (TPSA) is 54.1 Å². The summed E-state index contributed by atoms with van der Waals surface area (Å²) in [5, 5.41) is 7.50. The third kappa shape index (κ3) is 2.42. The first kappa shape index (κ1) is 14.4. The molecule has 1 N–H and O–H groups in total. The summed E-state index contributed by atoms with van der Waals surface area (Å²) in [6.07, 6.45) is 1.46. The summed E-state index contributed by atoms with van der Waals surface area (Å²) in [7, 11) is 0. The lowest BCUT2D eigenvalue weighted by molar-refractivity contribution is 0.278. The summed E-state index contributed by atoms with van der Waals surface area (Å²) in [4.78, 5) is 4.30. The molecule has 1 aliphatic rings. The molecule has 2 atom stereocenters. The van der Waals surface area contributed by atoms with Crippen LogP contribution in [0.2, 0.25) is 5.02 Å². The molecule has 3 aromatic rings. The van der Waals surface area contributed by atoms with Gasteiger partial charge < -0.3 is 4.74 Å². The van der Waals surface area contributed by atoms with Crippen molar-refractivity contribution in [3.63, 3.8) is 0 Å². The Morgan fingerprint density at radius 1 is 1.17 bits per heavy atom. The predicted molar refractivity (Wildman–Crippen MR) is 83.7 cm³/mol. The fraction of sp³-hybridized carbons (Fsp3) is 0.176. The number of benzene rings is 2. The molecule has 1 aliphatic heterocycles. The zero-order valence-electron chi connectivity index (χ0n) is 12.0. The third-order valence-corrected chi connectivity index (χ3v) is 4.52. The first-order valence-corrected chi connectivity index (χ1v) is 7.58. The van der Waals surface area contributed by atoms with E-state index in [1.54, 1.807) is 12.1 Å². The molecule has 1 aromatic heterocycles. The van der Waals surface area contributed by atoms with Gasteiger partial charge in [0.1, 0.15) is 23.6 Å². The van der Waals surface area contributed by atoms with Crippen LogP contribution in [0.15, 0.2) is 54.9 Å². The monoisotopic (exact) mass is 329 g/mol. The van der Waals surface area contributed by atoms with Gasteiger partial charge in [-0.1, -0.05) is 41.9 Å². The largest absolute Gasteiger partial charge is 0.363 e. The molecule has 2 heterocycles. The molecule has 0 spiro atoms. The number of ether oxygens (including phenoxy) is 1. The van der Waals surface area contributed by atoms with Crippen molar-refractivity contribution in [1.82, 2.24) is 15.2 Å². The average Bonchev–Trinajstić information content (AvgIpc) is 3.17. The molecule has 0 amide bonds. The van der Waals surface area contributed by atoms with Gasteiger partial charge in [-0.2, -0.15) is 5.10 Å². The van der Waals surface area contributed by atoms with Crippen LogP contribution in [-0.4, -0.2) is 21.8 Å². The summed E-state index contributed by atoms with van der Waals surface area (Å²) in [5.41, 5.74) is 1.17. The van der Waals surface area contributed by atoms with Gasteiger partial charge in [0, 0.05) is 5.02 Å². The van der Waals surface area contributed by atoms with Gasteiger partial charge in [0.05, 0.1) is 12.5 Å². The molecule has 0 radical (unpaired) electrons. The number of H-pyrrole nitrogens is 1. The number of nitrogens with zero attached hydrogens (tertiary/aromatic N) is 2. The molecule has 0 saturated carbocycles. The number of hydrogen-bond acceptors (Lipinski definition) is 3. The second kappa shape index (κ2) is 5.44. The molecular formula is C17H13ClFN3O. The highest BCUT2D eigenvalue weighted by atomic mass is 35.5. The molecule has 0 aliphatic carbocycles. The van der Waals surface area contributed by atoms with Crippen LogP contribution < -0.4 is 0 Å². The maximum Gasteiger partial charge on any atom is 0.137 e. The number of hydrogen-bond donors (Lipinski definition) is 1. The van der Waals surface area contributed by atoms with E-state index in [0.717, 1.165) is 11.1 Å². The molecule has 116 valence electrons. The lowest BCUT2D eigenvalue weighted by atomic mass is 9.81. The molecule has 2 unspecified atom stereocenters. The van der Waals surface area contributed by atoms with Crippen LogP contribution >= 0.6 is 11.6 Å². The Kier molecular flexibility index (Phi) is 3.39. The number of rotatable bonds is 4. The lowest BCUT2D eigenvalue weighted by Crippen LogP contribution is -2.23. The van der Waals surface area contributed by atoms with Crippen molar-refractivity contribution in [3.05, 3.63) is 82.6 Å². The van der Waals surface area contributed by atoms with Crippen molar-refractivity contribution in [3.8, 4) is 0 Å². The highest BCUT2D eigenvalue weighted by Crippen LogP contribution is 2.53. The third-order valence-electron chi connectivity index (χ3n) is 4.18. The van der Waals surface area contributed by atoms with Crippen LogP contribution in [0.4, 0.5) is 4.39 Å². The van der Waals surface area contributed by atoms with Gasteiger partial charge in [0.25, 0.3) is 0 Å². The van der Waals surface area contributed by atoms with Crippen LogP contribution in [0.25, 0.3) is 0 Å². The predicted octanol–water partition coefficient (Wildman–Crippen LogP) is 3.65. The minimum atomic E-state index is -0.613. The van der Waals surface area contributed by atoms with E-state index in [-0.39, 0.29) is 11.7 Å². The number of nitrogens with one attached hydrogen (secondary N) is 1. The highest BCUT2D eigenvalue weighted by Gasteiger charge is 2.55. The maximum absolute atomic E-state index is 13.3. The Labute approximate surface area is 137 Å². The van der Waals surface area contributed by atoms with Crippen molar-refractivity contribution in [2.75, 3.05) is 6.61 Å². The summed E-state index contributed by atoms with van der Waals surface area (Å²) < 4.78 is 19.1. The number of aromatic nitrogens is 3. The van der Waals surface area contributed by atoms with Gasteiger partial charge in [0.15, 0.2) is 0 Å². The van der Waals surface area contributed by atoms with Crippen LogP contribution in [0.5, 0.6) is 0 Å². The normalized spacial score (nSPS) is 21.1. The minimum absolute atomic E-state index is 0.246. The molecule has 6 heteroatoms. The molecule has 0 bridgehead atoms. The quantitative estimate of drug-likeness (QED) is 0.743. The molecule has 2 aromatic carbocycles. The van der Waals surface area contributed by atoms with Crippen molar-refractivity contribution >= 4 is 11.6 Å². The number of aromatic amines is 1. The van der Waals surface area contributed by atoms with Crippen LogP contribution in [0.1, 0.15) is 22.9 Å². The standard InChI is InChI=1S/C17H13ClFN3O/c18-14-4-2-1-3-13(14)15(16-20-10-21-22-16)17(9-23-17)11-5-7-12(19)8-6-11/h1-8,10,15H,9H2,(H,20,21,22). The van der Waals surface area contributed by atoms with Crippen molar-refractivity contribution in [2.45, 2.75) is 11.5 Å².